The monoisotopic (exact) mass is 355 g/mol. The van der Waals surface area contributed by atoms with Gasteiger partial charge < -0.3 is 14.7 Å². The van der Waals surface area contributed by atoms with E-state index in [-0.39, 0.29) is 18.6 Å². The van der Waals surface area contributed by atoms with Gasteiger partial charge in [-0.15, -0.1) is 0 Å². The highest BCUT2D eigenvalue weighted by atomic mass is 16.5. The molecule has 1 N–H and O–H groups in total. The third-order valence-electron chi connectivity index (χ3n) is 4.79. The predicted molar refractivity (Wildman–Crippen MR) is 98.9 cm³/mol. The number of rotatable bonds is 5. The van der Waals surface area contributed by atoms with Gasteiger partial charge in [0.2, 0.25) is 0 Å². The number of amides is 1. The van der Waals surface area contributed by atoms with Crippen molar-refractivity contribution in [1.29, 1.82) is 0 Å². The van der Waals surface area contributed by atoms with Crippen molar-refractivity contribution in [2.45, 2.75) is 39.3 Å². The SMILES string of the molecule is CCc1cnc(C)nc1-c1ccc(C(=O)N(CC)C2COCC2O)cc1. The summed E-state index contributed by atoms with van der Waals surface area (Å²) < 4.78 is 5.29. The fraction of sp³-hybridized carbons (Fsp3) is 0.450. The van der Waals surface area contributed by atoms with Gasteiger partial charge in [0.05, 0.1) is 31.1 Å². The summed E-state index contributed by atoms with van der Waals surface area (Å²) in [4.78, 5) is 23.4. The Hall–Kier alpha value is -2.31. The number of ether oxygens (including phenoxy) is 1. The summed E-state index contributed by atoms with van der Waals surface area (Å²) in [5.74, 6) is 0.632. The van der Waals surface area contributed by atoms with Crippen LogP contribution in [0.1, 0.15) is 35.6 Å². The molecule has 0 bridgehead atoms. The van der Waals surface area contributed by atoms with Crippen LogP contribution in [0, 0.1) is 6.92 Å². The molecule has 2 atom stereocenters. The maximum atomic E-state index is 12.9. The second-order valence-corrected chi connectivity index (χ2v) is 6.49. The van der Waals surface area contributed by atoms with Crippen LogP contribution in [0.4, 0.5) is 0 Å². The zero-order valence-corrected chi connectivity index (χ0v) is 15.5. The number of hydrogen-bond acceptors (Lipinski definition) is 5. The van der Waals surface area contributed by atoms with E-state index in [0.717, 1.165) is 29.1 Å². The molecule has 1 amide bonds. The Balaban J connectivity index is 1.85. The highest BCUT2D eigenvalue weighted by Gasteiger charge is 2.34. The van der Waals surface area contributed by atoms with Gasteiger partial charge in [-0.1, -0.05) is 19.1 Å². The van der Waals surface area contributed by atoms with Gasteiger partial charge >= 0.3 is 0 Å². The zero-order valence-electron chi connectivity index (χ0n) is 15.5. The summed E-state index contributed by atoms with van der Waals surface area (Å²) >= 11 is 0. The second-order valence-electron chi connectivity index (χ2n) is 6.49. The Bertz CT molecular complexity index is 776. The van der Waals surface area contributed by atoms with Crippen molar-refractivity contribution in [1.82, 2.24) is 14.9 Å². The number of aliphatic hydroxyl groups excluding tert-OH is 1. The van der Waals surface area contributed by atoms with Crippen molar-refractivity contribution in [2.75, 3.05) is 19.8 Å². The molecule has 2 heterocycles. The third-order valence-corrected chi connectivity index (χ3v) is 4.79. The molecule has 1 saturated heterocycles. The first-order chi connectivity index (χ1) is 12.5. The van der Waals surface area contributed by atoms with Crippen LogP contribution in [0.5, 0.6) is 0 Å². The van der Waals surface area contributed by atoms with Crippen molar-refractivity contribution < 1.29 is 14.6 Å². The molecule has 1 aromatic heterocycles. The van der Waals surface area contributed by atoms with Crippen LogP contribution in [0.2, 0.25) is 0 Å². The van der Waals surface area contributed by atoms with Gasteiger partial charge in [0.15, 0.2) is 0 Å². The minimum absolute atomic E-state index is 0.0943. The molecule has 1 aliphatic heterocycles. The van der Waals surface area contributed by atoms with Gasteiger partial charge in [-0.2, -0.15) is 0 Å². The highest BCUT2D eigenvalue weighted by molar-refractivity contribution is 5.95. The lowest BCUT2D eigenvalue weighted by molar-refractivity contribution is 0.0520. The fourth-order valence-electron chi connectivity index (χ4n) is 3.30. The van der Waals surface area contributed by atoms with Crippen molar-refractivity contribution in [3.05, 3.63) is 47.4 Å². The largest absolute Gasteiger partial charge is 0.388 e. The average Bonchev–Trinajstić information content (AvgIpc) is 3.08. The molecule has 2 unspecified atom stereocenters. The van der Waals surface area contributed by atoms with E-state index in [4.69, 9.17) is 4.74 Å². The first-order valence-electron chi connectivity index (χ1n) is 9.04. The Morgan fingerprint density at radius 1 is 1.27 bits per heavy atom. The molecule has 0 radical (unpaired) electrons. The zero-order chi connectivity index (χ0) is 18.7. The summed E-state index contributed by atoms with van der Waals surface area (Å²) in [6.07, 6.45) is 2.07. The van der Waals surface area contributed by atoms with Gasteiger partial charge in [0.1, 0.15) is 5.82 Å². The van der Waals surface area contributed by atoms with Crippen molar-refractivity contribution in [3.63, 3.8) is 0 Å². The Kier molecular flexibility index (Phi) is 5.64. The van der Waals surface area contributed by atoms with E-state index in [9.17, 15) is 9.90 Å². The summed E-state index contributed by atoms with van der Waals surface area (Å²) in [5, 5.41) is 10.0. The van der Waals surface area contributed by atoms with E-state index in [0.29, 0.717) is 18.7 Å². The number of aliphatic hydroxyl groups is 1. The molecule has 0 saturated carbocycles. The highest BCUT2D eigenvalue weighted by Crippen LogP contribution is 2.23. The number of carbonyl (C=O) groups is 1. The number of benzene rings is 1. The molecule has 2 aromatic rings. The molecular formula is C20H25N3O3. The van der Waals surface area contributed by atoms with Crippen LogP contribution in [-0.4, -0.2) is 57.8 Å². The molecule has 1 fully saturated rings. The van der Waals surface area contributed by atoms with Crippen LogP contribution in [0.25, 0.3) is 11.3 Å². The molecule has 0 spiro atoms. The third kappa shape index (κ3) is 3.61. The number of hydrogen-bond donors (Lipinski definition) is 1. The molecule has 6 nitrogen and oxygen atoms in total. The first-order valence-corrected chi connectivity index (χ1v) is 9.04. The minimum atomic E-state index is -0.630. The Labute approximate surface area is 153 Å². The van der Waals surface area contributed by atoms with Crippen molar-refractivity contribution in [3.8, 4) is 11.3 Å². The summed E-state index contributed by atoms with van der Waals surface area (Å²) in [6, 6.07) is 7.19. The van der Waals surface area contributed by atoms with Gasteiger partial charge in [-0.05, 0) is 38.0 Å². The molecule has 26 heavy (non-hydrogen) atoms. The summed E-state index contributed by atoms with van der Waals surface area (Å²) in [7, 11) is 0. The van der Waals surface area contributed by atoms with E-state index in [1.54, 1.807) is 4.90 Å². The first kappa shape index (κ1) is 18.5. The van der Waals surface area contributed by atoms with E-state index in [1.807, 2.05) is 44.3 Å². The molecule has 138 valence electrons. The lowest BCUT2D eigenvalue weighted by Crippen LogP contribution is -2.46. The molecule has 3 rings (SSSR count). The van der Waals surface area contributed by atoms with Crippen LogP contribution < -0.4 is 0 Å². The van der Waals surface area contributed by atoms with E-state index >= 15 is 0 Å². The summed E-state index contributed by atoms with van der Waals surface area (Å²) in [5.41, 5.74) is 3.55. The molecule has 1 aliphatic rings. The van der Waals surface area contributed by atoms with E-state index in [2.05, 4.69) is 16.9 Å². The normalized spacial score (nSPS) is 19.5. The number of nitrogens with zero attached hydrogens (tertiary/aromatic N) is 3. The average molecular weight is 355 g/mol. The van der Waals surface area contributed by atoms with Crippen LogP contribution in [0.3, 0.4) is 0 Å². The van der Waals surface area contributed by atoms with Crippen LogP contribution >= 0.6 is 0 Å². The van der Waals surface area contributed by atoms with Crippen LogP contribution in [0.15, 0.2) is 30.5 Å². The topological polar surface area (TPSA) is 75.6 Å². The number of carbonyl (C=O) groups excluding carboxylic acids is 1. The number of likely N-dealkylation sites (N-methyl/N-ethyl adjacent to an activating group) is 1. The van der Waals surface area contributed by atoms with Gasteiger partial charge in [0.25, 0.3) is 5.91 Å². The Morgan fingerprint density at radius 3 is 2.58 bits per heavy atom. The van der Waals surface area contributed by atoms with Gasteiger partial charge in [0, 0.05) is 23.9 Å². The quantitative estimate of drug-likeness (QED) is 0.890. The van der Waals surface area contributed by atoms with E-state index < -0.39 is 6.10 Å². The number of aromatic nitrogens is 2. The fourth-order valence-corrected chi connectivity index (χ4v) is 3.30. The number of aryl methyl sites for hydroxylation is 2. The smallest absolute Gasteiger partial charge is 0.254 e. The predicted octanol–water partition coefficient (Wildman–Crippen LogP) is 2.24. The second kappa shape index (κ2) is 7.93. The molecular weight excluding hydrogens is 330 g/mol. The standard InChI is InChI=1S/C20H25N3O3/c1-4-14-10-21-13(3)22-19(14)15-6-8-16(9-7-15)20(25)23(5-2)17-11-26-12-18(17)24/h6-10,17-18,24H,4-5,11-12H2,1-3H3. The Morgan fingerprint density at radius 2 is 2.00 bits per heavy atom. The lowest BCUT2D eigenvalue weighted by atomic mass is 10.0. The van der Waals surface area contributed by atoms with Gasteiger partial charge in [-0.3, -0.25) is 4.79 Å². The van der Waals surface area contributed by atoms with Gasteiger partial charge in [-0.25, -0.2) is 9.97 Å². The maximum Gasteiger partial charge on any atom is 0.254 e. The van der Waals surface area contributed by atoms with Crippen LogP contribution in [-0.2, 0) is 11.2 Å². The minimum Gasteiger partial charge on any atom is -0.388 e. The van der Waals surface area contributed by atoms with E-state index in [1.165, 1.54) is 0 Å². The summed E-state index contributed by atoms with van der Waals surface area (Å²) in [6.45, 7) is 7.03. The van der Waals surface area contributed by atoms with Crippen molar-refractivity contribution in [2.24, 2.45) is 0 Å². The van der Waals surface area contributed by atoms with Crippen molar-refractivity contribution >= 4 is 5.91 Å². The maximum absolute atomic E-state index is 12.9. The lowest BCUT2D eigenvalue weighted by Gasteiger charge is -2.28. The molecule has 0 aliphatic carbocycles. The molecule has 6 heteroatoms. The molecule has 1 aromatic carbocycles.